The summed E-state index contributed by atoms with van der Waals surface area (Å²) < 4.78 is 8.15. The van der Waals surface area contributed by atoms with E-state index >= 15 is 0 Å². The Balaban J connectivity index is 2.12. The average molecular weight is 473 g/mol. The number of carboxylic acid groups (broad SMARTS) is 1. The molecule has 0 amide bonds. The van der Waals surface area contributed by atoms with E-state index < -0.39 is 5.97 Å². The van der Waals surface area contributed by atoms with Crippen LogP contribution in [0, 0.1) is 0 Å². The third-order valence-corrected chi connectivity index (χ3v) is 7.96. The molecule has 1 aliphatic heterocycles. The first-order valence-electron chi connectivity index (χ1n) is 11.0. The summed E-state index contributed by atoms with van der Waals surface area (Å²) in [6, 6.07) is 14.8. The molecule has 0 aromatic heterocycles. The van der Waals surface area contributed by atoms with Crippen molar-refractivity contribution in [2.45, 2.75) is 54.9 Å². The van der Waals surface area contributed by atoms with E-state index in [-0.39, 0.29) is 5.54 Å². The van der Waals surface area contributed by atoms with E-state index in [1.165, 1.54) is 24.8 Å². The maximum absolute atomic E-state index is 10.9. The number of unbranched alkanes of at least 4 members (excludes halogenated alkanes) is 1. The van der Waals surface area contributed by atoms with Crippen molar-refractivity contribution in [3.8, 4) is 5.75 Å². The van der Waals surface area contributed by atoms with Crippen molar-refractivity contribution in [2.24, 2.45) is 0 Å². The molecular formula is C25H32N2O3S2. The third-order valence-electron chi connectivity index (χ3n) is 6.02. The number of nitrogens with zero attached hydrogens (tertiary/aromatic N) is 2. The molecule has 5 nitrogen and oxygen atoms in total. The van der Waals surface area contributed by atoms with Gasteiger partial charge in [-0.25, -0.2) is 9.10 Å². The van der Waals surface area contributed by atoms with Crippen LogP contribution in [0.3, 0.4) is 0 Å². The van der Waals surface area contributed by atoms with Crippen molar-refractivity contribution in [3.05, 3.63) is 54.8 Å². The van der Waals surface area contributed by atoms with Crippen molar-refractivity contribution in [1.29, 1.82) is 0 Å². The lowest BCUT2D eigenvalue weighted by Crippen LogP contribution is -2.49. The Morgan fingerprint density at radius 1 is 1.28 bits per heavy atom. The minimum absolute atomic E-state index is 0.0271. The lowest BCUT2D eigenvalue weighted by Gasteiger charge is -2.42. The molecule has 172 valence electrons. The molecule has 0 bridgehead atoms. The zero-order valence-corrected chi connectivity index (χ0v) is 20.8. The lowest BCUT2D eigenvalue weighted by molar-refractivity contribution is -0.131. The first-order chi connectivity index (χ1) is 15.4. The summed E-state index contributed by atoms with van der Waals surface area (Å²) in [5.74, 6) is -0.362. The van der Waals surface area contributed by atoms with E-state index in [1.807, 2.05) is 18.4 Å². The lowest BCUT2D eigenvalue weighted by atomic mass is 9.88. The Labute approximate surface area is 200 Å². The fourth-order valence-electron chi connectivity index (χ4n) is 4.05. The molecule has 2 aromatic carbocycles. The zero-order valence-electron chi connectivity index (χ0n) is 19.2. The molecule has 0 spiro atoms. The van der Waals surface area contributed by atoms with Crippen LogP contribution in [-0.2, 0) is 4.79 Å². The summed E-state index contributed by atoms with van der Waals surface area (Å²) >= 11 is 3.34. The van der Waals surface area contributed by atoms with Gasteiger partial charge in [-0.05, 0) is 62.4 Å². The van der Waals surface area contributed by atoms with Gasteiger partial charge < -0.3 is 14.7 Å². The molecule has 1 N–H and O–H groups in total. The van der Waals surface area contributed by atoms with E-state index in [9.17, 15) is 4.79 Å². The number of rotatable bonds is 9. The first kappa shape index (κ1) is 24.6. The molecule has 32 heavy (non-hydrogen) atoms. The number of hydrogen-bond acceptors (Lipinski definition) is 6. The fourth-order valence-corrected chi connectivity index (χ4v) is 5.77. The van der Waals surface area contributed by atoms with Crippen molar-refractivity contribution in [3.63, 3.8) is 0 Å². The largest absolute Gasteiger partial charge is 0.478 e. The molecule has 0 saturated heterocycles. The fraction of sp³-hybridized carbons (Fsp3) is 0.400. The van der Waals surface area contributed by atoms with Gasteiger partial charge in [-0.1, -0.05) is 44.9 Å². The molecule has 7 heteroatoms. The topological polar surface area (TPSA) is 53.0 Å². The van der Waals surface area contributed by atoms with Gasteiger partial charge in [-0.15, -0.1) is 11.8 Å². The van der Waals surface area contributed by atoms with Gasteiger partial charge in [0.15, 0.2) is 0 Å². The van der Waals surface area contributed by atoms with Crippen molar-refractivity contribution in [2.75, 3.05) is 24.7 Å². The van der Waals surface area contributed by atoms with Crippen LogP contribution in [-0.4, -0.2) is 40.8 Å². The maximum atomic E-state index is 10.9. The van der Waals surface area contributed by atoms with Crippen LogP contribution in [0.15, 0.2) is 64.6 Å². The number of thioether (sulfide) groups is 1. The Hall–Kier alpha value is -2.09. The number of likely N-dealkylation sites (N-methyl/N-ethyl adjacent to an activating group) is 1. The number of carboxylic acids is 1. The van der Waals surface area contributed by atoms with Crippen LogP contribution in [0.25, 0.3) is 0 Å². The number of ether oxygens (including phenoxy) is 1. The Bertz CT molecular complexity index is 952. The Kier molecular flexibility index (Phi) is 8.57. The van der Waals surface area contributed by atoms with Gasteiger partial charge in [0.2, 0.25) is 0 Å². The third kappa shape index (κ3) is 5.45. The van der Waals surface area contributed by atoms with Gasteiger partial charge in [0.05, 0.1) is 27.8 Å². The maximum Gasteiger partial charge on any atom is 0.331 e. The van der Waals surface area contributed by atoms with Crippen LogP contribution in [0.5, 0.6) is 5.75 Å². The van der Waals surface area contributed by atoms with Crippen molar-refractivity contribution < 1.29 is 14.6 Å². The van der Waals surface area contributed by atoms with Gasteiger partial charge in [0, 0.05) is 17.8 Å². The smallest absolute Gasteiger partial charge is 0.331 e. The molecule has 0 saturated carbocycles. The Morgan fingerprint density at radius 3 is 2.66 bits per heavy atom. The number of benzene rings is 2. The summed E-state index contributed by atoms with van der Waals surface area (Å²) in [7, 11) is 2.19. The van der Waals surface area contributed by atoms with Crippen LogP contribution in [0.4, 0.5) is 11.4 Å². The average Bonchev–Trinajstić information content (AvgIpc) is 2.91. The van der Waals surface area contributed by atoms with E-state index in [0.29, 0.717) is 5.75 Å². The predicted octanol–water partition coefficient (Wildman–Crippen LogP) is 6.82. The highest BCUT2D eigenvalue weighted by Crippen LogP contribution is 2.49. The molecular weight excluding hydrogens is 440 g/mol. The molecule has 1 heterocycles. The van der Waals surface area contributed by atoms with Crippen LogP contribution < -0.4 is 9.64 Å². The highest BCUT2D eigenvalue weighted by Gasteiger charge is 2.39. The van der Waals surface area contributed by atoms with E-state index in [1.54, 1.807) is 23.7 Å². The molecule has 2 aromatic rings. The molecule has 0 fully saturated rings. The quantitative estimate of drug-likeness (QED) is 0.186. The minimum Gasteiger partial charge on any atom is -0.478 e. The SMILES string of the molecule is CCCC[C@@]1(CC)CN(c2ccccc2)c2cc(SC)c(O/C=C/C(=O)O)cc2SN1C. The summed E-state index contributed by atoms with van der Waals surface area (Å²) in [4.78, 5) is 15.4. The first-order valence-corrected chi connectivity index (χ1v) is 13.0. The monoisotopic (exact) mass is 472 g/mol. The van der Waals surface area contributed by atoms with Gasteiger partial charge >= 0.3 is 5.97 Å². The standard InChI is InChI=1S/C25H32N2O3S2/c1-5-7-14-25(6-2)18-27(19-11-9-8-10-12-19)20-16-23(31-4)21(30-15-13-24(28)29)17-22(20)32-26(25)3/h8-13,15-17H,5-7,14,18H2,1-4H3,(H,28,29)/b15-13+/t25-/m0/s1. The van der Waals surface area contributed by atoms with Gasteiger partial charge in [0.25, 0.3) is 0 Å². The predicted molar refractivity (Wildman–Crippen MR) is 135 cm³/mol. The van der Waals surface area contributed by atoms with Crippen LogP contribution in [0.1, 0.15) is 39.5 Å². The molecule has 3 rings (SSSR count). The van der Waals surface area contributed by atoms with Gasteiger partial charge in [0.1, 0.15) is 5.75 Å². The van der Waals surface area contributed by atoms with E-state index in [2.05, 4.69) is 60.4 Å². The second-order valence-electron chi connectivity index (χ2n) is 7.92. The molecule has 0 aliphatic carbocycles. The second kappa shape index (κ2) is 11.2. The summed E-state index contributed by atoms with van der Waals surface area (Å²) in [6.07, 6.45) is 8.79. The number of hydrogen-bond donors (Lipinski definition) is 1. The number of aliphatic carboxylic acids is 1. The highest BCUT2D eigenvalue weighted by atomic mass is 32.2. The molecule has 0 radical (unpaired) electrons. The zero-order chi connectivity index (χ0) is 23.1. The minimum atomic E-state index is -1.03. The summed E-state index contributed by atoms with van der Waals surface area (Å²) in [6.45, 7) is 5.43. The van der Waals surface area contributed by atoms with Gasteiger partial charge in [-0.2, -0.15) is 0 Å². The van der Waals surface area contributed by atoms with Crippen molar-refractivity contribution >= 4 is 41.1 Å². The highest BCUT2D eigenvalue weighted by molar-refractivity contribution is 7.98. The van der Waals surface area contributed by atoms with Crippen LogP contribution >= 0.6 is 23.7 Å². The second-order valence-corrected chi connectivity index (χ2v) is 9.94. The number of anilines is 2. The molecule has 1 aliphatic rings. The van der Waals surface area contributed by atoms with Crippen LogP contribution in [0.2, 0.25) is 0 Å². The molecule has 1 atom stereocenters. The normalized spacial score (nSPS) is 19.1. The summed E-state index contributed by atoms with van der Waals surface area (Å²) in [5.41, 5.74) is 2.35. The van der Waals surface area contributed by atoms with E-state index in [4.69, 9.17) is 9.84 Å². The van der Waals surface area contributed by atoms with Gasteiger partial charge in [-0.3, -0.25) is 0 Å². The van der Waals surface area contributed by atoms with E-state index in [0.717, 1.165) is 40.9 Å². The Morgan fingerprint density at radius 2 is 2.03 bits per heavy atom. The summed E-state index contributed by atoms with van der Waals surface area (Å²) in [5, 5.41) is 8.91. The number of carbonyl (C=O) groups is 1. The number of para-hydroxylation sites is 1. The molecule has 0 unspecified atom stereocenters. The number of fused-ring (bicyclic) bond motifs is 1. The van der Waals surface area contributed by atoms with Crippen molar-refractivity contribution in [1.82, 2.24) is 4.31 Å².